The standard InChI is InChI=1S/BH2O3.Cu/c2-1(3)4;/h2-3H;/q-1;+1. The third kappa shape index (κ3) is 126. The molecule has 0 aliphatic heterocycles. The molecule has 0 radical (unpaired) electrons. The fourth-order valence-corrected chi connectivity index (χ4v) is 0. The molecule has 34 valence electrons. The first-order chi connectivity index (χ1) is 1.73. The van der Waals surface area contributed by atoms with Crippen LogP contribution in [0.4, 0.5) is 0 Å². The Morgan fingerprint density at radius 1 is 1.40 bits per heavy atom. The largest absolute Gasteiger partial charge is 1.00 e. The monoisotopic (exact) mass is 124 g/mol. The van der Waals surface area contributed by atoms with Crippen LogP contribution in [0, 0.1) is 0 Å². The zero-order valence-electron chi connectivity index (χ0n) is 2.18. The quantitative estimate of drug-likeness (QED) is 0.346. The van der Waals surface area contributed by atoms with Crippen molar-refractivity contribution in [1.29, 1.82) is 0 Å². The Kier molecular flexibility index (Phi) is 8.10. The molecule has 0 heterocycles. The van der Waals surface area contributed by atoms with Crippen molar-refractivity contribution < 1.29 is 32.1 Å². The van der Waals surface area contributed by atoms with E-state index in [-0.39, 0.29) is 17.1 Å². The molecule has 5 heavy (non-hydrogen) atoms. The second kappa shape index (κ2) is 4.46. The zero-order valence-corrected chi connectivity index (χ0v) is 3.12. The first-order valence-electron chi connectivity index (χ1n) is 0.752. The summed E-state index contributed by atoms with van der Waals surface area (Å²) < 4.78 is 0. The summed E-state index contributed by atoms with van der Waals surface area (Å²) >= 11 is 0. The molecule has 3 nitrogen and oxygen atoms in total. The van der Waals surface area contributed by atoms with Crippen molar-refractivity contribution in [3.05, 3.63) is 0 Å². The molecular formula is H2BCuO3. The van der Waals surface area contributed by atoms with E-state index in [9.17, 15) is 0 Å². The van der Waals surface area contributed by atoms with Gasteiger partial charge in [0.15, 0.2) is 0 Å². The number of hydrogen-bond acceptors (Lipinski definition) is 3. The summed E-state index contributed by atoms with van der Waals surface area (Å²) in [5.41, 5.74) is 0. The molecule has 0 spiro atoms. The van der Waals surface area contributed by atoms with E-state index in [1.807, 2.05) is 0 Å². The molecule has 0 atom stereocenters. The predicted octanol–water partition coefficient (Wildman–Crippen LogP) is -2.69. The molecule has 0 bridgehead atoms. The van der Waals surface area contributed by atoms with Crippen molar-refractivity contribution in [3.8, 4) is 0 Å². The minimum Gasteiger partial charge on any atom is -0.832 e. The van der Waals surface area contributed by atoms with Crippen LogP contribution in [0.3, 0.4) is 0 Å². The van der Waals surface area contributed by atoms with Crippen molar-refractivity contribution in [1.82, 2.24) is 0 Å². The van der Waals surface area contributed by atoms with Gasteiger partial charge in [-0.25, -0.2) is 0 Å². The van der Waals surface area contributed by atoms with Crippen LogP contribution in [0.5, 0.6) is 0 Å². The van der Waals surface area contributed by atoms with Crippen molar-refractivity contribution in [2.75, 3.05) is 0 Å². The molecule has 0 amide bonds. The van der Waals surface area contributed by atoms with Gasteiger partial charge in [0.05, 0.1) is 0 Å². The van der Waals surface area contributed by atoms with Gasteiger partial charge in [-0.3, -0.25) is 0 Å². The van der Waals surface area contributed by atoms with E-state index in [0.29, 0.717) is 0 Å². The van der Waals surface area contributed by atoms with Gasteiger partial charge >= 0.3 is 24.4 Å². The minimum absolute atomic E-state index is 0. The Morgan fingerprint density at radius 3 is 1.40 bits per heavy atom. The van der Waals surface area contributed by atoms with Gasteiger partial charge in [-0.2, -0.15) is 0 Å². The fourth-order valence-electron chi connectivity index (χ4n) is 0. The van der Waals surface area contributed by atoms with E-state index >= 15 is 0 Å². The summed E-state index contributed by atoms with van der Waals surface area (Å²) in [6.07, 6.45) is 0. The average Bonchev–Trinajstić information content (AvgIpc) is 0.811. The van der Waals surface area contributed by atoms with Crippen LogP contribution in [0.2, 0.25) is 0 Å². The van der Waals surface area contributed by atoms with Crippen LogP contribution in [0.15, 0.2) is 0 Å². The summed E-state index contributed by atoms with van der Waals surface area (Å²) in [6.45, 7) is 0. The smallest absolute Gasteiger partial charge is 0.832 e. The van der Waals surface area contributed by atoms with Crippen LogP contribution in [0.25, 0.3) is 0 Å². The normalized spacial score (nSPS) is 5.40. The fraction of sp³-hybridized carbons (Fsp3) is 0. The molecule has 2 N–H and O–H groups in total. The predicted molar refractivity (Wildman–Crippen MR) is 10.2 cm³/mol. The van der Waals surface area contributed by atoms with Gasteiger partial charge < -0.3 is 15.1 Å². The van der Waals surface area contributed by atoms with Crippen LogP contribution in [-0.2, 0) is 17.1 Å². The topological polar surface area (TPSA) is 63.5 Å². The van der Waals surface area contributed by atoms with Crippen LogP contribution < -0.4 is 5.02 Å². The molecule has 0 fully saturated rings. The average molecular weight is 124 g/mol. The van der Waals surface area contributed by atoms with Gasteiger partial charge in [-0.1, -0.05) is 0 Å². The second-order valence-electron chi connectivity index (χ2n) is 0.326. The maximum atomic E-state index is 8.64. The Labute approximate surface area is 40.3 Å². The van der Waals surface area contributed by atoms with E-state index in [1.54, 1.807) is 0 Å². The summed E-state index contributed by atoms with van der Waals surface area (Å²) in [7, 11) is -2.42. The van der Waals surface area contributed by atoms with E-state index in [0.717, 1.165) is 0 Å². The Bertz CT molecular complexity index is 11.6. The first kappa shape index (κ1) is 9.07. The Morgan fingerprint density at radius 2 is 1.40 bits per heavy atom. The molecule has 0 unspecified atom stereocenters. The van der Waals surface area contributed by atoms with E-state index < -0.39 is 7.32 Å². The second-order valence-corrected chi connectivity index (χ2v) is 0.326. The van der Waals surface area contributed by atoms with Crippen LogP contribution in [-0.4, -0.2) is 17.4 Å². The molecular weight excluding hydrogens is 122 g/mol. The number of hydrogen-bond donors (Lipinski definition) is 2. The Balaban J connectivity index is 0. The van der Waals surface area contributed by atoms with Crippen molar-refractivity contribution >= 4 is 7.32 Å². The molecule has 0 saturated carbocycles. The third-order valence-corrected chi connectivity index (χ3v) is 0. The van der Waals surface area contributed by atoms with E-state index in [1.165, 1.54) is 0 Å². The molecule has 0 aliphatic rings. The Hall–Kier alpha value is 0.464. The van der Waals surface area contributed by atoms with Gasteiger partial charge in [0, 0.05) is 0 Å². The molecule has 0 aromatic carbocycles. The molecule has 0 aromatic heterocycles. The van der Waals surface area contributed by atoms with E-state index in [2.05, 4.69) is 0 Å². The third-order valence-electron chi connectivity index (χ3n) is 0. The molecule has 0 saturated heterocycles. The van der Waals surface area contributed by atoms with Crippen LogP contribution in [0.1, 0.15) is 0 Å². The SMILES string of the molecule is [Cu+].[O-]B(O)O. The molecule has 0 rings (SSSR count). The van der Waals surface area contributed by atoms with Gasteiger partial charge in [-0.15, -0.1) is 0 Å². The van der Waals surface area contributed by atoms with Gasteiger partial charge in [0.1, 0.15) is 0 Å². The summed E-state index contributed by atoms with van der Waals surface area (Å²) in [6, 6.07) is 0. The zero-order chi connectivity index (χ0) is 3.58. The van der Waals surface area contributed by atoms with Gasteiger partial charge in [0.2, 0.25) is 0 Å². The summed E-state index contributed by atoms with van der Waals surface area (Å²) in [4.78, 5) is 0. The van der Waals surface area contributed by atoms with Crippen molar-refractivity contribution in [3.63, 3.8) is 0 Å². The minimum atomic E-state index is -2.42. The molecule has 0 aliphatic carbocycles. The summed E-state index contributed by atoms with van der Waals surface area (Å²) in [5.74, 6) is 0. The maximum absolute atomic E-state index is 8.64. The molecule has 0 aromatic rings. The number of rotatable bonds is 0. The molecule has 5 heteroatoms. The van der Waals surface area contributed by atoms with Crippen molar-refractivity contribution in [2.45, 2.75) is 0 Å². The van der Waals surface area contributed by atoms with Crippen molar-refractivity contribution in [2.24, 2.45) is 0 Å². The van der Waals surface area contributed by atoms with Gasteiger partial charge in [-0.05, 0) is 0 Å². The first-order valence-corrected chi connectivity index (χ1v) is 0.752. The maximum Gasteiger partial charge on any atom is 1.00 e. The van der Waals surface area contributed by atoms with E-state index in [4.69, 9.17) is 15.1 Å². The van der Waals surface area contributed by atoms with Gasteiger partial charge in [0.25, 0.3) is 0 Å². The summed E-state index contributed by atoms with van der Waals surface area (Å²) in [5, 5.41) is 22.8. The van der Waals surface area contributed by atoms with Crippen LogP contribution >= 0.6 is 0 Å².